The van der Waals surface area contributed by atoms with Gasteiger partial charge < -0.3 is 20.7 Å². The predicted octanol–water partition coefficient (Wildman–Crippen LogP) is 1.04. The zero-order chi connectivity index (χ0) is 17.7. The van der Waals surface area contributed by atoms with Crippen LogP contribution in [0.15, 0.2) is 23.1 Å². The average molecular weight is 363 g/mol. The fourth-order valence-electron chi connectivity index (χ4n) is 2.20. The number of morpholine rings is 1. The third-order valence-corrected chi connectivity index (χ3v) is 4.78. The van der Waals surface area contributed by atoms with Crippen LogP contribution in [0, 0.1) is 0 Å². The smallest absolute Gasteiger partial charge is 0.341 e. The van der Waals surface area contributed by atoms with Gasteiger partial charge in [-0.05, 0) is 25.1 Å². The minimum Gasteiger partial charge on any atom is -0.384 e. The van der Waals surface area contributed by atoms with E-state index in [1.54, 1.807) is 0 Å². The highest BCUT2D eigenvalue weighted by Crippen LogP contribution is 2.28. The largest absolute Gasteiger partial charge is 0.384 e. The number of amides is 1. The normalized spacial score (nSPS) is 18.4. The third-order valence-electron chi connectivity index (χ3n) is 3.40. The number of carbonyl (C=O) groups is 1. The summed E-state index contributed by atoms with van der Waals surface area (Å²) in [4.78, 5) is 11.7. The molecular formula is C14H19F2N3O4S. The van der Waals surface area contributed by atoms with Crippen molar-refractivity contribution in [2.45, 2.75) is 23.7 Å². The molecule has 10 heteroatoms. The SMILES string of the molecule is CCNc1ccc(S(=O)(=O)C(F)F)cc1NC(=O)C1CNCCO1. The van der Waals surface area contributed by atoms with Gasteiger partial charge in [-0.1, -0.05) is 0 Å². The van der Waals surface area contributed by atoms with Gasteiger partial charge in [0.1, 0.15) is 6.10 Å². The molecule has 1 saturated heterocycles. The van der Waals surface area contributed by atoms with E-state index < -0.39 is 32.5 Å². The second-order valence-corrected chi connectivity index (χ2v) is 7.01. The van der Waals surface area contributed by atoms with Crippen LogP contribution in [-0.2, 0) is 19.4 Å². The lowest BCUT2D eigenvalue weighted by molar-refractivity contribution is -0.128. The predicted molar refractivity (Wildman–Crippen MR) is 85.0 cm³/mol. The Morgan fingerprint density at radius 3 is 2.75 bits per heavy atom. The van der Waals surface area contributed by atoms with Crippen LogP contribution in [0.5, 0.6) is 0 Å². The second kappa shape index (κ2) is 7.86. The zero-order valence-electron chi connectivity index (χ0n) is 13.0. The molecule has 0 aliphatic carbocycles. The van der Waals surface area contributed by atoms with Gasteiger partial charge in [0, 0.05) is 19.6 Å². The lowest BCUT2D eigenvalue weighted by Gasteiger charge is -2.23. The van der Waals surface area contributed by atoms with Gasteiger partial charge in [-0.15, -0.1) is 0 Å². The van der Waals surface area contributed by atoms with Gasteiger partial charge in [-0.2, -0.15) is 8.78 Å². The Bertz CT molecular complexity index is 691. The molecule has 1 heterocycles. The van der Waals surface area contributed by atoms with Crippen LogP contribution < -0.4 is 16.0 Å². The van der Waals surface area contributed by atoms with Gasteiger partial charge in [-0.25, -0.2) is 8.42 Å². The number of rotatable bonds is 6. The molecule has 2 rings (SSSR count). The van der Waals surface area contributed by atoms with Crippen molar-refractivity contribution in [3.63, 3.8) is 0 Å². The molecule has 0 radical (unpaired) electrons. The van der Waals surface area contributed by atoms with Crippen molar-refractivity contribution in [1.29, 1.82) is 0 Å². The fraction of sp³-hybridized carbons (Fsp3) is 0.500. The molecule has 0 saturated carbocycles. The van der Waals surface area contributed by atoms with Crippen LogP contribution in [0.3, 0.4) is 0 Å². The van der Waals surface area contributed by atoms with E-state index >= 15 is 0 Å². The number of halogens is 2. The number of alkyl halides is 2. The molecule has 0 spiro atoms. The van der Waals surface area contributed by atoms with Crippen molar-refractivity contribution in [1.82, 2.24) is 5.32 Å². The van der Waals surface area contributed by atoms with E-state index in [-0.39, 0.29) is 5.69 Å². The summed E-state index contributed by atoms with van der Waals surface area (Å²) < 4.78 is 54.0. The topological polar surface area (TPSA) is 96.5 Å². The van der Waals surface area contributed by atoms with Crippen molar-refractivity contribution in [3.8, 4) is 0 Å². The molecule has 7 nitrogen and oxygen atoms in total. The van der Waals surface area contributed by atoms with Crippen LogP contribution >= 0.6 is 0 Å². The Balaban J connectivity index is 2.29. The summed E-state index contributed by atoms with van der Waals surface area (Å²) in [6.45, 7) is 3.64. The number of anilines is 2. The van der Waals surface area contributed by atoms with Crippen molar-refractivity contribution < 1.29 is 26.7 Å². The van der Waals surface area contributed by atoms with E-state index in [0.29, 0.717) is 31.9 Å². The second-order valence-electron chi connectivity index (χ2n) is 5.10. The first-order chi connectivity index (χ1) is 11.4. The maximum absolute atomic E-state index is 12.7. The average Bonchev–Trinajstić information content (AvgIpc) is 2.57. The lowest BCUT2D eigenvalue weighted by atomic mass is 10.2. The van der Waals surface area contributed by atoms with Crippen molar-refractivity contribution in [3.05, 3.63) is 18.2 Å². The number of sulfone groups is 1. The standard InChI is InChI=1S/C14H19F2N3O4S/c1-2-18-10-4-3-9(24(21,22)14(15)16)7-11(10)19-13(20)12-8-17-5-6-23-12/h3-4,7,12,14,17-18H,2,5-6,8H2,1H3,(H,19,20). The summed E-state index contributed by atoms with van der Waals surface area (Å²) in [6, 6.07) is 3.44. The first kappa shape index (κ1) is 18.6. The minimum absolute atomic E-state index is 0.109. The Morgan fingerprint density at radius 2 is 2.17 bits per heavy atom. The van der Waals surface area contributed by atoms with Gasteiger partial charge in [0.15, 0.2) is 0 Å². The molecule has 1 aromatic carbocycles. The van der Waals surface area contributed by atoms with Gasteiger partial charge in [-0.3, -0.25) is 4.79 Å². The quantitative estimate of drug-likeness (QED) is 0.699. The molecular weight excluding hydrogens is 344 g/mol. The highest BCUT2D eigenvalue weighted by molar-refractivity contribution is 7.91. The van der Waals surface area contributed by atoms with Crippen LogP contribution in [0.2, 0.25) is 0 Å². The van der Waals surface area contributed by atoms with E-state index in [0.717, 1.165) is 12.1 Å². The van der Waals surface area contributed by atoms with Crippen LogP contribution in [0.4, 0.5) is 20.2 Å². The molecule has 3 N–H and O–H groups in total. The summed E-state index contributed by atoms with van der Waals surface area (Å²) in [5.74, 6) is -4.01. The molecule has 1 amide bonds. The molecule has 1 unspecified atom stereocenters. The molecule has 1 atom stereocenters. The zero-order valence-corrected chi connectivity index (χ0v) is 13.8. The summed E-state index contributed by atoms with van der Waals surface area (Å²) in [6.07, 6.45) is -0.733. The maximum atomic E-state index is 12.7. The van der Waals surface area contributed by atoms with E-state index in [4.69, 9.17) is 4.74 Å². The van der Waals surface area contributed by atoms with Crippen molar-refractivity contribution >= 4 is 27.1 Å². The molecule has 1 aromatic rings. The first-order valence-electron chi connectivity index (χ1n) is 7.39. The first-order valence-corrected chi connectivity index (χ1v) is 8.94. The Hall–Kier alpha value is -1.78. The molecule has 1 aliphatic heterocycles. The highest BCUT2D eigenvalue weighted by atomic mass is 32.2. The number of hydrogen-bond donors (Lipinski definition) is 3. The molecule has 1 fully saturated rings. The molecule has 0 bridgehead atoms. The van der Waals surface area contributed by atoms with E-state index in [1.807, 2.05) is 6.92 Å². The molecule has 0 aromatic heterocycles. The van der Waals surface area contributed by atoms with Crippen molar-refractivity contribution in [2.24, 2.45) is 0 Å². The monoisotopic (exact) mass is 363 g/mol. The Morgan fingerprint density at radius 1 is 1.42 bits per heavy atom. The summed E-state index contributed by atoms with van der Waals surface area (Å²) in [7, 11) is -4.75. The van der Waals surface area contributed by atoms with Crippen LogP contribution in [-0.4, -0.2) is 52.4 Å². The van der Waals surface area contributed by atoms with E-state index in [1.165, 1.54) is 6.07 Å². The summed E-state index contributed by atoms with van der Waals surface area (Å²) in [5, 5.41) is 8.47. The number of ether oxygens (including phenoxy) is 1. The number of carbonyl (C=O) groups excluding carboxylic acids is 1. The molecule has 1 aliphatic rings. The van der Waals surface area contributed by atoms with Gasteiger partial charge in [0.05, 0.1) is 22.9 Å². The minimum atomic E-state index is -4.75. The summed E-state index contributed by atoms with van der Waals surface area (Å²) in [5.41, 5.74) is 0.542. The number of hydrogen-bond acceptors (Lipinski definition) is 6. The van der Waals surface area contributed by atoms with Crippen LogP contribution in [0.1, 0.15) is 6.92 Å². The van der Waals surface area contributed by atoms with Gasteiger partial charge in [0.25, 0.3) is 5.91 Å². The number of nitrogens with one attached hydrogen (secondary N) is 3. The third kappa shape index (κ3) is 4.19. The highest BCUT2D eigenvalue weighted by Gasteiger charge is 2.28. The maximum Gasteiger partial charge on any atom is 0.341 e. The van der Waals surface area contributed by atoms with E-state index in [9.17, 15) is 22.0 Å². The molecule has 24 heavy (non-hydrogen) atoms. The Kier molecular flexibility index (Phi) is 6.08. The van der Waals surface area contributed by atoms with E-state index in [2.05, 4.69) is 16.0 Å². The molecule has 134 valence electrons. The number of benzene rings is 1. The lowest BCUT2D eigenvalue weighted by Crippen LogP contribution is -2.45. The Labute approximate surface area is 138 Å². The van der Waals surface area contributed by atoms with Gasteiger partial charge in [0.2, 0.25) is 9.84 Å². The van der Waals surface area contributed by atoms with Gasteiger partial charge >= 0.3 is 5.76 Å². The summed E-state index contributed by atoms with van der Waals surface area (Å²) >= 11 is 0. The van der Waals surface area contributed by atoms with Crippen LogP contribution in [0.25, 0.3) is 0 Å². The fourth-order valence-corrected chi connectivity index (χ4v) is 2.94. The van der Waals surface area contributed by atoms with Crippen molar-refractivity contribution in [2.75, 3.05) is 36.9 Å².